The van der Waals surface area contributed by atoms with E-state index in [0.29, 0.717) is 5.69 Å². The molecule has 6 rings (SSSR count). The number of aromatic nitrogens is 4. The van der Waals surface area contributed by atoms with Gasteiger partial charge in [0.2, 0.25) is 0 Å². The molecule has 8 nitrogen and oxygen atoms in total. The van der Waals surface area contributed by atoms with Gasteiger partial charge in [-0.05, 0) is 80.6 Å². The lowest BCUT2D eigenvalue weighted by molar-refractivity contribution is 0.102. The van der Waals surface area contributed by atoms with E-state index >= 15 is 0 Å². The summed E-state index contributed by atoms with van der Waals surface area (Å²) in [7, 11) is 0. The molecular formula is C29H33N7O. The van der Waals surface area contributed by atoms with Crippen LogP contribution < -0.4 is 10.2 Å². The summed E-state index contributed by atoms with van der Waals surface area (Å²) in [5, 5.41) is 11.2. The lowest BCUT2D eigenvalue weighted by Gasteiger charge is -2.27. The maximum atomic E-state index is 13.3. The van der Waals surface area contributed by atoms with Crippen LogP contribution in [-0.4, -0.2) is 57.2 Å². The predicted molar refractivity (Wildman–Crippen MR) is 147 cm³/mol. The number of aromatic amines is 1. The minimum Gasteiger partial charge on any atom is -0.357 e. The highest BCUT2D eigenvalue weighted by atomic mass is 16.1. The van der Waals surface area contributed by atoms with E-state index in [4.69, 9.17) is 0 Å². The van der Waals surface area contributed by atoms with Gasteiger partial charge in [-0.2, -0.15) is 5.10 Å². The number of H-pyrrole nitrogens is 1. The second kappa shape index (κ2) is 10.7. The molecule has 0 bridgehead atoms. The summed E-state index contributed by atoms with van der Waals surface area (Å²) in [6.45, 7) is 5.24. The molecular weight excluding hydrogens is 462 g/mol. The lowest BCUT2D eigenvalue weighted by Crippen LogP contribution is -2.30. The van der Waals surface area contributed by atoms with Crippen molar-refractivity contribution in [2.45, 2.75) is 45.1 Å². The van der Waals surface area contributed by atoms with E-state index < -0.39 is 0 Å². The van der Waals surface area contributed by atoms with Gasteiger partial charge in [0.15, 0.2) is 5.69 Å². The molecule has 2 saturated heterocycles. The monoisotopic (exact) mass is 495 g/mol. The number of piperidine rings is 2. The van der Waals surface area contributed by atoms with E-state index in [9.17, 15) is 4.79 Å². The molecule has 0 spiro atoms. The van der Waals surface area contributed by atoms with Gasteiger partial charge in [0, 0.05) is 60.9 Å². The molecule has 2 aliphatic rings. The van der Waals surface area contributed by atoms with Crippen LogP contribution in [0.25, 0.3) is 22.0 Å². The average molecular weight is 496 g/mol. The number of anilines is 2. The topological polar surface area (TPSA) is 90.0 Å². The molecule has 1 aromatic carbocycles. The van der Waals surface area contributed by atoms with Crippen LogP contribution in [0.3, 0.4) is 0 Å². The zero-order chi connectivity index (χ0) is 25.0. The Morgan fingerprint density at radius 2 is 1.70 bits per heavy atom. The van der Waals surface area contributed by atoms with Gasteiger partial charge >= 0.3 is 0 Å². The van der Waals surface area contributed by atoms with Gasteiger partial charge < -0.3 is 10.2 Å². The fourth-order valence-corrected chi connectivity index (χ4v) is 5.46. The molecule has 3 aromatic heterocycles. The van der Waals surface area contributed by atoms with E-state index in [2.05, 4.69) is 47.4 Å². The van der Waals surface area contributed by atoms with E-state index in [-0.39, 0.29) is 5.91 Å². The molecule has 0 saturated carbocycles. The van der Waals surface area contributed by atoms with Crippen LogP contribution in [-0.2, 0) is 6.54 Å². The Morgan fingerprint density at radius 1 is 0.892 bits per heavy atom. The third-order valence-corrected chi connectivity index (χ3v) is 7.44. The molecule has 1 amide bonds. The summed E-state index contributed by atoms with van der Waals surface area (Å²) < 4.78 is 0. The lowest BCUT2D eigenvalue weighted by atomic mass is 10.0. The second-order valence-corrected chi connectivity index (χ2v) is 10.2. The zero-order valence-electron chi connectivity index (χ0n) is 21.1. The van der Waals surface area contributed by atoms with Gasteiger partial charge in [-0.15, -0.1) is 0 Å². The van der Waals surface area contributed by atoms with Crippen LogP contribution in [0.5, 0.6) is 0 Å². The maximum absolute atomic E-state index is 13.3. The van der Waals surface area contributed by atoms with Crippen molar-refractivity contribution in [2.75, 3.05) is 36.4 Å². The van der Waals surface area contributed by atoms with Crippen LogP contribution in [0.4, 0.5) is 11.5 Å². The van der Waals surface area contributed by atoms with Gasteiger partial charge in [0.05, 0.1) is 5.52 Å². The molecule has 2 N–H and O–H groups in total. The SMILES string of the molecule is O=C(Nc1ccnc(N2CCCCC2)c1)c1n[nH]c2ccc(-c3cncc(CN4CCCCC4)c3)cc12. The number of likely N-dealkylation sites (tertiary alicyclic amines) is 1. The first-order chi connectivity index (χ1) is 18.2. The Hall–Kier alpha value is -3.78. The van der Waals surface area contributed by atoms with Crippen molar-refractivity contribution in [1.29, 1.82) is 0 Å². The molecule has 0 radical (unpaired) electrons. The summed E-state index contributed by atoms with van der Waals surface area (Å²) in [5.41, 5.74) is 5.21. The Kier molecular flexibility index (Phi) is 6.82. The Labute approximate surface area is 217 Å². The summed E-state index contributed by atoms with van der Waals surface area (Å²) in [6.07, 6.45) is 13.1. The van der Waals surface area contributed by atoms with Crippen LogP contribution >= 0.6 is 0 Å². The van der Waals surface area contributed by atoms with Crippen LogP contribution in [0, 0.1) is 0 Å². The van der Waals surface area contributed by atoms with Crippen molar-refractivity contribution in [2.24, 2.45) is 0 Å². The quantitative estimate of drug-likeness (QED) is 0.380. The average Bonchev–Trinajstić information content (AvgIpc) is 3.38. The Balaban J connectivity index is 1.22. The van der Waals surface area contributed by atoms with E-state index in [1.165, 1.54) is 44.1 Å². The minimum atomic E-state index is -0.240. The van der Waals surface area contributed by atoms with E-state index in [1.54, 1.807) is 6.20 Å². The molecule has 0 unspecified atom stereocenters. The molecule has 0 aliphatic carbocycles. The highest BCUT2D eigenvalue weighted by molar-refractivity contribution is 6.11. The van der Waals surface area contributed by atoms with Gasteiger partial charge in [0.25, 0.3) is 5.91 Å². The van der Waals surface area contributed by atoms with Gasteiger partial charge in [0.1, 0.15) is 5.82 Å². The van der Waals surface area contributed by atoms with Crippen molar-refractivity contribution >= 4 is 28.3 Å². The van der Waals surface area contributed by atoms with Crippen molar-refractivity contribution in [3.05, 3.63) is 66.2 Å². The summed E-state index contributed by atoms with van der Waals surface area (Å²) in [5.74, 6) is 0.666. The largest absolute Gasteiger partial charge is 0.357 e. The van der Waals surface area contributed by atoms with Gasteiger partial charge in [-0.1, -0.05) is 12.5 Å². The standard InChI is InChI=1S/C29H33N7O/c37-29(32-24-9-10-31-27(17-24)36-13-5-2-6-14-36)28-25-16-22(7-8-26(25)33-34-28)23-15-21(18-30-19-23)20-35-11-3-1-4-12-35/h7-10,15-19H,1-6,11-14,20H2,(H,33,34)(H,31,32,37). The smallest absolute Gasteiger partial charge is 0.276 e. The first kappa shape index (κ1) is 23.6. The maximum Gasteiger partial charge on any atom is 0.276 e. The third kappa shape index (κ3) is 5.34. The molecule has 8 heteroatoms. The van der Waals surface area contributed by atoms with E-state index in [0.717, 1.165) is 66.3 Å². The molecule has 37 heavy (non-hydrogen) atoms. The fraction of sp³-hybridized carbons (Fsp3) is 0.379. The molecule has 0 atom stereocenters. The number of carbonyl (C=O) groups is 1. The number of nitrogens with zero attached hydrogens (tertiary/aromatic N) is 5. The van der Waals surface area contributed by atoms with E-state index in [1.807, 2.05) is 36.7 Å². The fourth-order valence-electron chi connectivity index (χ4n) is 5.46. The summed E-state index contributed by atoms with van der Waals surface area (Å²) in [4.78, 5) is 27.1. The number of fused-ring (bicyclic) bond motifs is 1. The first-order valence-corrected chi connectivity index (χ1v) is 13.4. The molecule has 190 valence electrons. The number of benzene rings is 1. The number of amides is 1. The normalized spacial score (nSPS) is 16.7. The molecule has 2 fully saturated rings. The highest BCUT2D eigenvalue weighted by Gasteiger charge is 2.18. The van der Waals surface area contributed by atoms with Gasteiger partial charge in [-0.3, -0.25) is 19.8 Å². The van der Waals surface area contributed by atoms with Crippen molar-refractivity contribution < 1.29 is 4.79 Å². The zero-order valence-corrected chi connectivity index (χ0v) is 21.1. The van der Waals surface area contributed by atoms with Crippen molar-refractivity contribution in [3.63, 3.8) is 0 Å². The van der Waals surface area contributed by atoms with Crippen LogP contribution in [0.1, 0.15) is 54.6 Å². The molecule has 5 heterocycles. The summed E-state index contributed by atoms with van der Waals surface area (Å²) >= 11 is 0. The number of hydrogen-bond donors (Lipinski definition) is 2. The first-order valence-electron chi connectivity index (χ1n) is 13.4. The number of rotatable bonds is 6. The van der Waals surface area contributed by atoms with Crippen molar-refractivity contribution in [1.82, 2.24) is 25.1 Å². The van der Waals surface area contributed by atoms with Gasteiger partial charge in [-0.25, -0.2) is 4.98 Å². The molecule has 2 aliphatic heterocycles. The van der Waals surface area contributed by atoms with Crippen LogP contribution in [0.15, 0.2) is 55.0 Å². The minimum absolute atomic E-state index is 0.240. The Morgan fingerprint density at radius 3 is 2.54 bits per heavy atom. The van der Waals surface area contributed by atoms with Crippen LogP contribution in [0.2, 0.25) is 0 Å². The predicted octanol–water partition coefficient (Wildman–Crippen LogP) is 5.25. The highest BCUT2D eigenvalue weighted by Crippen LogP contribution is 2.27. The number of pyridine rings is 2. The summed E-state index contributed by atoms with van der Waals surface area (Å²) in [6, 6.07) is 12.0. The molecule has 4 aromatic rings. The number of hydrogen-bond acceptors (Lipinski definition) is 6. The number of nitrogens with one attached hydrogen (secondary N) is 2. The van der Waals surface area contributed by atoms with Crippen molar-refractivity contribution in [3.8, 4) is 11.1 Å². The number of carbonyl (C=O) groups excluding carboxylic acids is 1. The third-order valence-electron chi connectivity index (χ3n) is 7.44. The Bertz CT molecular complexity index is 1390. The second-order valence-electron chi connectivity index (χ2n) is 10.2.